The maximum absolute atomic E-state index is 12.9. The highest BCUT2D eigenvalue weighted by Crippen LogP contribution is 2.65. The van der Waals surface area contributed by atoms with E-state index in [2.05, 4.69) is 15.2 Å². The summed E-state index contributed by atoms with van der Waals surface area (Å²) >= 11 is 12.0. The van der Waals surface area contributed by atoms with Gasteiger partial charge in [0.25, 0.3) is 5.91 Å². The second-order valence-electron chi connectivity index (χ2n) is 8.95. The van der Waals surface area contributed by atoms with Gasteiger partial charge in [0, 0.05) is 23.6 Å². The molecule has 0 saturated heterocycles. The summed E-state index contributed by atoms with van der Waals surface area (Å²) in [5.41, 5.74) is -0.151. The van der Waals surface area contributed by atoms with Crippen LogP contribution in [0.15, 0.2) is 24.5 Å². The zero-order valence-corrected chi connectivity index (χ0v) is 19.1. The Balaban J connectivity index is 1.13. The molecule has 184 valence electrons. The van der Waals surface area contributed by atoms with E-state index >= 15 is 0 Å². The summed E-state index contributed by atoms with van der Waals surface area (Å²) in [6.45, 7) is -0.872. The molecule has 0 radical (unpaired) electrons. The number of ether oxygens (including phenoxy) is 3. The zero-order chi connectivity index (χ0) is 24.3. The second-order valence-corrected chi connectivity index (χ2v) is 9.76. The summed E-state index contributed by atoms with van der Waals surface area (Å²) in [7, 11) is 0. The van der Waals surface area contributed by atoms with Gasteiger partial charge in [-0.3, -0.25) is 14.2 Å². The van der Waals surface area contributed by atoms with Crippen LogP contribution in [0.3, 0.4) is 0 Å². The van der Waals surface area contributed by atoms with Crippen LogP contribution in [0.4, 0.5) is 13.2 Å². The van der Waals surface area contributed by atoms with Crippen LogP contribution < -0.4 is 14.8 Å². The van der Waals surface area contributed by atoms with Gasteiger partial charge in [0.2, 0.25) is 0 Å². The molecule has 2 atom stereocenters. The molecule has 1 aromatic heterocycles. The smallest absolute Gasteiger partial charge is 0.488 e. The Morgan fingerprint density at radius 3 is 2.68 bits per heavy atom. The molecule has 2 aromatic rings. The lowest BCUT2D eigenvalue weighted by atomic mass is 9.44. The fraction of sp³-hybridized carbons (Fsp3) is 0.524. The molecule has 13 heteroatoms. The quantitative estimate of drug-likeness (QED) is 0.539. The van der Waals surface area contributed by atoms with Crippen molar-refractivity contribution in [3.05, 3.63) is 40.1 Å². The van der Waals surface area contributed by atoms with E-state index in [0.717, 1.165) is 0 Å². The number of benzene rings is 1. The number of hydrogen-bond acceptors (Lipinski definition) is 6. The molecule has 2 bridgehead atoms. The number of halogens is 5. The van der Waals surface area contributed by atoms with Gasteiger partial charge in [-0.05, 0) is 25.3 Å². The van der Waals surface area contributed by atoms with Crippen LogP contribution in [0, 0.1) is 0 Å². The summed E-state index contributed by atoms with van der Waals surface area (Å²) in [5, 5.41) is 18.3. The predicted octanol–water partition coefficient (Wildman–Crippen LogP) is 3.74. The standard InChI is InChI=1S/C21H20Cl2F3N3O5/c22-13-3-12-15(30)5-17(34-16(12)4-14(13)23)18(31)28-19-8-20(9-19,10-19)29-7-11(6-27-29)32-1-2-33-21(24,25)26/h3-4,6-7,15,17,30H,1-2,5,8-10H2,(H,28,31)/t15-,17-,19?,20?/m1/s1. The number of hydrogen-bond donors (Lipinski definition) is 2. The number of fused-ring (bicyclic) bond motifs is 1. The number of alkyl halides is 3. The van der Waals surface area contributed by atoms with Crippen molar-refractivity contribution in [2.75, 3.05) is 13.2 Å². The number of nitrogens with one attached hydrogen (secondary N) is 1. The van der Waals surface area contributed by atoms with Gasteiger partial charge >= 0.3 is 6.36 Å². The minimum absolute atomic E-state index is 0.0932. The fourth-order valence-corrected chi connectivity index (χ4v) is 5.33. The number of nitrogens with zero attached hydrogens (tertiary/aromatic N) is 2. The van der Waals surface area contributed by atoms with Crippen molar-refractivity contribution in [2.45, 2.75) is 55.3 Å². The van der Waals surface area contributed by atoms with Gasteiger partial charge in [-0.25, -0.2) is 0 Å². The van der Waals surface area contributed by atoms with Crippen LogP contribution >= 0.6 is 23.2 Å². The molecule has 3 saturated carbocycles. The fourth-order valence-electron chi connectivity index (χ4n) is 5.01. The van der Waals surface area contributed by atoms with E-state index in [-0.39, 0.29) is 35.0 Å². The summed E-state index contributed by atoms with van der Waals surface area (Å²) in [4.78, 5) is 12.9. The highest BCUT2D eigenvalue weighted by Gasteiger charge is 2.70. The monoisotopic (exact) mass is 521 g/mol. The molecular weight excluding hydrogens is 502 g/mol. The van der Waals surface area contributed by atoms with Crippen LogP contribution in [-0.2, 0) is 15.1 Å². The van der Waals surface area contributed by atoms with Crippen molar-refractivity contribution in [2.24, 2.45) is 0 Å². The molecule has 6 rings (SSSR count). The Kier molecular flexibility index (Phi) is 5.66. The highest BCUT2D eigenvalue weighted by atomic mass is 35.5. The average molecular weight is 522 g/mol. The van der Waals surface area contributed by atoms with Crippen LogP contribution in [0.5, 0.6) is 11.5 Å². The van der Waals surface area contributed by atoms with Crippen molar-refractivity contribution in [3.8, 4) is 11.5 Å². The third kappa shape index (κ3) is 4.30. The molecule has 1 aromatic carbocycles. The lowest BCUT2D eigenvalue weighted by molar-refractivity contribution is -0.325. The summed E-state index contributed by atoms with van der Waals surface area (Å²) in [5.74, 6) is 0.348. The molecule has 4 aliphatic rings. The molecule has 0 spiro atoms. The Hall–Kier alpha value is -2.21. The average Bonchev–Trinajstić information content (AvgIpc) is 3.16. The topological polar surface area (TPSA) is 94.8 Å². The van der Waals surface area contributed by atoms with E-state index in [0.29, 0.717) is 41.3 Å². The normalized spacial score (nSPS) is 29.4. The number of aliphatic hydroxyl groups excluding tert-OH is 1. The van der Waals surface area contributed by atoms with Crippen LogP contribution in [0.25, 0.3) is 0 Å². The Morgan fingerprint density at radius 1 is 1.26 bits per heavy atom. The van der Waals surface area contributed by atoms with Crippen molar-refractivity contribution < 1.29 is 37.3 Å². The molecule has 8 nitrogen and oxygen atoms in total. The van der Waals surface area contributed by atoms with Gasteiger partial charge < -0.3 is 19.9 Å². The Labute approximate surface area is 201 Å². The van der Waals surface area contributed by atoms with Gasteiger partial charge in [-0.1, -0.05) is 23.2 Å². The number of aromatic nitrogens is 2. The van der Waals surface area contributed by atoms with Gasteiger partial charge in [-0.15, -0.1) is 13.2 Å². The summed E-state index contributed by atoms with van der Waals surface area (Å²) < 4.78 is 52.5. The molecule has 3 fully saturated rings. The molecule has 1 aliphatic heterocycles. The minimum atomic E-state index is -4.69. The van der Waals surface area contributed by atoms with E-state index in [4.69, 9.17) is 32.7 Å². The SMILES string of the molecule is O=C(NC12CC(n3cc(OCCOC(F)(F)F)cn3)(C1)C2)[C@H]1C[C@@H](O)c2cc(Cl)c(Cl)cc2O1. The third-order valence-corrected chi connectivity index (χ3v) is 7.19. The number of rotatable bonds is 7. The molecule has 34 heavy (non-hydrogen) atoms. The molecule has 2 N–H and O–H groups in total. The van der Waals surface area contributed by atoms with Gasteiger partial charge in [0.15, 0.2) is 11.9 Å². The first-order valence-corrected chi connectivity index (χ1v) is 11.3. The number of carbonyl (C=O) groups excluding carboxylic acids is 1. The lowest BCUT2D eigenvalue weighted by Gasteiger charge is -2.70. The van der Waals surface area contributed by atoms with Crippen LogP contribution in [0.1, 0.15) is 37.4 Å². The van der Waals surface area contributed by atoms with E-state index in [1.54, 1.807) is 10.9 Å². The number of carbonyl (C=O) groups is 1. The van der Waals surface area contributed by atoms with Crippen LogP contribution in [-0.4, -0.2) is 52.0 Å². The highest BCUT2D eigenvalue weighted by molar-refractivity contribution is 6.42. The van der Waals surface area contributed by atoms with Crippen LogP contribution in [0.2, 0.25) is 10.0 Å². The van der Waals surface area contributed by atoms with E-state index < -0.39 is 25.2 Å². The zero-order valence-electron chi connectivity index (χ0n) is 17.6. The first kappa shape index (κ1) is 23.5. The second kappa shape index (κ2) is 8.18. The molecule has 1 amide bonds. The van der Waals surface area contributed by atoms with Gasteiger partial charge in [0.1, 0.15) is 12.4 Å². The van der Waals surface area contributed by atoms with E-state index in [9.17, 15) is 23.1 Å². The Morgan fingerprint density at radius 2 is 1.97 bits per heavy atom. The molecule has 0 unspecified atom stereocenters. The molecule has 3 aliphatic carbocycles. The van der Waals surface area contributed by atoms with Crippen molar-refractivity contribution in [3.63, 3.8) is 0 Å². The van der Waals surface area contributed by atoms with Crippen molar-refractivity contribution in [1.29, 1.82) is 0 Å². The predicted molar refractivity (Wildman–Crippen MR) is 113 cm³/mol. The van der Waals surface area contributed by atoms with E-state index in [1.165, 1.54) is 18.3 Å². The van der Waals surface area contributed by atoms with E-state index in [1.807, 2.05) is 0 Å². The summed E-state index contributed by atoms with van der Waals surface area (Å²) in [6, 6.07) is 3.03. The third-order valence-electron chi connectivity index (χ3n) is 6.46. The van der Waals surface area contributed by atoms with Crippen molar-refractivity contribution in [1.82, 2.24) is 15.1 Å². The van der Waals surface area contributed by atoms with Gasteiger partial charge in [-0.2, -0.15) is 5.10 Å². The largest absolute Gasteiger partial charge is 0.522 e. The maximum atomic E-state index is 12.9. The number of aliphatic hydroxyl groups is 1. The minimum Gasteiger partial charge on any atom is -0.488 e. The summed E-state index contributed by atoms with van der Waals surface area (Å²) in [6.07, 6.45) is -1.35. The molecule has 2 heterocycles. The van der Waals surface area contributed by atoms with Gasteiger partial charge in [0.05, 0.1) is 40.7 Å². The first-order chi connectivity index (χ1) is 16.0. The van der Waals surface area contributed by atoms with Crippen molar-refractivity contribution >= 4 is 29.1 Å². The first-order valence-electron chi connectivity index (χ1n) is 10.5. The number of amides is 1. The maximum Gasteiger partial charge on any atom is 0.522 e. The Bertz CT molecular complexity index is 1110. The lowest BCUT2D eigenvalue weighted by Crippen LogP contribution is -2.79. The molecular formula is C21H20Cl2F3N3O5.